The number of carbonyl (C=O) groups is 1. The van der Waals surface area contributed by atoms with E-state index < -0.39 is 21.0 Å². The third-order valence-corrected chi connectivity index (χ3v) is 4.22. The van der Waals surface area contributed by atoms with E-state index in [1.54, 1.807) is 25.1 Å². The van der Waals surface area contributed by atoms with Gasteiger partial charge in [-0.1, -0.05) is 34.1 Å². The Kier molecular flexibility index (Phi) is 4.43. The molecule has 0 spiro atoms. The molecule has 110 valence electrons. The summed E-state index contributed by atoms with van der Waals surface area (Å²) in [4.78, 5) is 11.7. The molecule has 21 heavy (non-hydrogen) atoms. The topological polar surface area (TPSA) is 63.2 Å². The number of nitrogens with one attached hydrogen (secondary N) is 1. The molecule has 0 aromatic heterocycles. The Morgan fingerprint density at radius 2 is 1.86 bits per heavy atom. The molecule has 4 nitrogen and oxygen atoms in total. The molecule has 0 bridgehead atoms. The van der Waals surface area contributed by atoms with Gasteiger partial charge in [0.2, 0.25) is 0 Å². The van der Waals surface area contributed by atoms with Gasteiger partial charge in [-0.05, 0) is 36.8 Å². The summed E-state index contributed by atoms with van der Waals surface area (Å²) in [5.74, 6) is -0.509. The van der Waals surface area contributed by atoms with Gasteiger partial charge >= 0.3 is 10.2 Å². The Labute approximate surface area is 130 Å². The quantitative estimate of drug-likeness (QED) is 0.837. The van der Waals surface area contributed by atoms with E-state index in [0.29, 0.717) is 10.0 Å². The zero-order valence-electron chi connectivity index (χ0n) is 10.9. The van der Waals surface area contributed by atoms with Crippen LogP contribution in [0.1, 0.15) is 15.9 Å². The van der Waals surface area contributed by atoms with Crippen molar-refractivity contribution in [1.82, 2.24) is 0 Å². The number of anilines is 1. The Hall–Kier alpha value is -1.73. The highest BCUT2D eigenvalue weighted by Gasteiger charge is 2.19. The summed E-state index contributed by atoms with van der Waals surface area (Å²) >= 11 is 3.26. The van der Waals surface area contributed by atoms with Crippen LogP contribution in [0.25, 0.3) is 0 Å². The largest absolute Gasteiger partial charge is 0.334 e. The van der Waals surface area contributed by atoms with Crippen molar-refractivity contribution >= 4 is 37.7 Å². The average Bonchev–Trinajstić information content (AvgIpc) is 2.41. The van der Waals surface area contributed by atoms with Gasteiger partial charge in [0, 0.05) is 10.0 Å². The second-order valence-electron chi connectivity index (χ2n) is 4.35. The summed E-state index contributed by atoms with van der Waals surface area (Å²) in [5, 5.41) is 2.42. The summed E-state index contributed by atoms with van der Waals surface area (Å²) < 4.78 is 36.0. The minimum atomic E-state index is -4.90. The fourth-order valence-corrected chi connectivity index (χ4v) is 2.79. The van der Waals surface area contributed by atoms with Crippen molar-refractivity contribution in [3.63, 3.8) is 0 Å². The highest BCUT2D eigenvalue weighted by molar-refractivity contribution is 9.10. The van der Waals surface area contributed by atoms with E-state index in [1.807, 2.05) is 0 Å². The monoisotopic (exact) mass is 371 g/mol. The van der Waals surface area contributed by atoms with Gasteiger partial charge in [0.1, 0.15) is 4.90 Å². The zero-order chi connectivity index (χ0) is 15.6. The lowest BCUT2D eigenvalue weighted by Crippen LogP contribution is -2.15. The first-order valence-corrected chi connectivity index (χ1v) is 8.08. The molecule has 1 amide bonds. The Morgan fingerprint density at radius 1 is 1.19 bits per heavy atom. The Bertz CT molecular complexity index is 806. The first-order chi connectivity index (χ1) is 9.79. The molecule has 0 aliphatic carbocycles. The number of halogens is 2. The molecular weight excluding hydrogens is 361 g/mol. The maximum absolute atomic E-state index is 13.2. The van der Waals surface area contributed by atoms with Crippen LogP contribution in [-0.4, -0.2) is 14.3 Å². The number of hydrogen-bond acceptors (Lipinski definition) is 3. The van der Waals surface area contributed by atoms with E-state index in [0.717, 1.165) is 11.6 Å². The summed E-state index contributed by atoms with van der Waals surface area (Å²) in [6.07, 6.45) is 0. The first-order valence-electron chi connectivity index (χ1n) is 5.90. The van der Waals surface area contributed by atoms with Crippen molar-refractivity contribution in [1.29, 1.82) is 0 Å². The van der Waals surface area contributed by atoms with Crippen molar-refractivity contribution < 1.29 is 17.1 Å². The Balaban J connectivity index is 2.39. The van der Waals surface area contributed by atoms with Crippen molar-refractivity contribution in [2.24, 2.45) is 0 Å². The van der Waals surface area contributed by atoms with Crippen molar-refractivity contribution in [2.45, 2.75) is 11.8 Å². The summed E-state index contributed by atoms with van der Waals surface area (Å²) in [7, 11) is -4.90. The zero-order valence-corrected chi connectivity index (χ0v) is 13.3. The van der Waals surface area contributed by atoms with Crippen LogP contribution in [0.15, 0.2) is 51.8 Å². The molecule has 7 heteroatoms. The van der Waals surface area contributed by atoms with Crippen LogP contribution in [0.4, 0.5) is 9.57 Å². The Morgan fingerprint density at radius 3 is 2.52 bits per heavy atom. The summed E-state index contributed by atoms with van der Waals surface area (Å²) in [5.41, 5.74) is 0.996. The van der Waals surface area contributed by atoms with Gasteiger partial charge in [-0.2, -0.15) is 8.42 Å². The van der Waals surface area contributed by atoms with Crippen LogP contribution in [-0.2, 0) is 10.2 Å². The minimum absolute atomic E-state index is 0.0932. The van der Waals surface area contributed by atoms with E-state index in [-0.39, 0.29) is 5.69 Å². The molecule has 2 rings (SSSR count). The number of hydrogen-bond donors (Lipinski definition) is 1. The van der Waals surface area contributed by atoms with Gasteiger partial charge < -0.3 is 5.32 Å². The van der Waals surface area contributed by atoms with E-state index in [1.165, 1.54) is 18.2 Å². The third-order valence-electron chi connectivity index (χ3n) is 2.84. The van der Waals surface area contributed by atoms with Gasteiger partial charge in [0.25, 0.3) is 5.91 Å². The number of rotatable bonds is 3. The summed E-state index contributed by atoms with van der Waals surface area (Å²) in [6, 6.07) is 10.5. The normalized spacial score (nSPS) is 11.2. The predicted molar refractivity (Wildman–Crippen MR) is 81.6 cm³/mol. The SMILES string of the molecule is Cc1ccc(Br)cc1C(=O)Nc1ccccc1S(=O)(=O)F. The van der Waals surface area contributed by atoms with Crippen LogP contribution in [0, 0.1) is 6.92 Å². The van der Waals surface area contributed by atoms with Crippen molar-refractivity contribution in [3.8, 4) is 0 Å². The number of amides is 1. The summed E-state index contributed by atoms with van der Waals surface area (Å²) in [6.45, 7) is 1.75. The van der Waals surface area contributed by atoms with Gasteiger partial charge in [-0.15, -0.1) is 3.89 Å². The lowest BCUT2D eigenvalue weighted by Gasteiger charge is -2.10. The van der Waals surface area contributed by atoms with E-state index in [9.17, 15) is 17.1 Å². The van der Waals surface area contributed by atoms with Crippen LogP contribution >= 0.6 is 15.9 Å². The standard InChI is InChI=1S/C14H11BrFNO3S/c1-9-6-7-10(15)8-11(9)14(18)17-12-4-2-3-5-13(12)21(16,19)20/h2-8H,1H3,(H,17,18). The number of para-hydroxylation sites is 1. The van der Waals surface area contributed by atoms with Gasteiger partial charge in [-0.25, -0.2) is 0 Å². The average molecular weight is 372 g/mol. The molecule has 1 N–H and O–H groups in total. The first kappa shape index (κ1) is 15.7. The number of aryl methyl sites for hydroxylation is 1. The second kappa shape index (κ2) is 5.95. The van der Waals surface area contributed by atoms with Gasteiger partial charge in [0.05, 0.1) is 5.69 Å². The van der Waals surface area contributed by atoms with E-state index in [2.05, 4.69) is 21.2 Å². The maximum atomic E-state index is 13.2. The number of benzene rings is 2. The minimum Gasteiger partial charge on any atom is -0.321 e. The molecule has 0 unspecified atom stereocenters. The predicted octanol–water partition coefficient (Wildman–Crippen LogP) is 3.67. The van der Waals surface area contributed by atoms with E-state index in [4.69, 9.17) is 0 Å². The lowest BCUT2D eigenvalue weighted by atomic mass is 10.1. The lowest BCUT2D eigenvalue weighted by molar-refractivity contribution is 0.102. The smallest absolute Gasteiger partial charge is 0.321 e. The molecule has 0 aliphatic rings. The molecule has 2 aromatic rings. The molecule has 0 saturated carbocycles. The second-order valence-corrected chi connectivity index (χ2v) is 6.58. The third kappa shape index (κ3) is 3.68. The van der Waals surface area contributed by atoms with Crippen molar-refractivity contribution in [2.75, 3.05) is 5.32 Å². The van der Waals surface area contributed by atoms with Crippen molar-refractivity contribution in [3.05, 3.63) is 58.1 Å². The van der Waals surface area contributed by atoms with Crippen LogP contribution < -0.4 is 5.32 Å². The fourth-order valence-electron chi connectivity index (χ4n) is 1.81. The maximum Gasteiger partial charge on any atom is 0.334 e. The highest BCUT2D eigenvalue weighted by atomic mass is 79.9. The van der Waals surface area contributed by atoms with Gasteiger partial charge in [0.15, 0.2) is 0 Å². The molecular formula is C14H11BrFNO3S. The van der Waals surface area contributed by atoms with Crippen LogP contribution in [0.3, 0.4) is 0 Å². The van der Waals surface area contributed by atoms with Crippen LogP contribution in [0.5, 0.6) is 0 Å². The molecule has 2 aromatic carbocycles. The fraction of sp³-hybridized carbons (Fsp3) is 0.0714. The molecule has 0 saturated heterocycles. The molecule has 0 aliphatic heterocycles. The molecule has 0 atom stereocenters. The van der Waals surface area contributed by atoms with E-state index >= 15 is 0 Å². The molecule has 0 radical (unpaired) electrons. The van der Waals surface area contributed by atoms with Gasteiger partial charge in [-0.3, -0.25) is 4.79 Å². The highest BCUT2D eigenvalue weighted by Crippen LogP contribution is 2.24. The molecule has 0 heterocycles. The van der Waals surface area contributed by atoms with Crippen LogP contribution in [0.2, 0.25) is 0 Å². The number of carbonyl (C=O) groups excluding carboxylic acids is 1. The molecule has 0 fully saturated rings.